The molecule has 0 saturated carbocycles. The minimum Gasteiger partial charge on any atom is -0.496 e. The smallest absolute Gasteiger partial charge is 0.240 e. The molecule has 120 valence electrons. The number of methoxy groups -OCH3 is 2. The van der Waals surface area contributed by atoms with Gasteiger partial charge in [0.15, 0.2) is 0 Å². The van der Waals surface area contributed by atoms with E-state index in [2.05, 4.69) is 4.72 Å². The zero-order chi connectivity index (χ0) is 16.0. The average Bonchev–Trinajstić information content (AvgIpc) is 2.45. The van der Waals surface area contributed by atoms with Gasteiger partial charge < -0.3 is 14.6 Å². The number of nitrogens with one attached hydrogen (secondary N) is 1. The summed E-state index contributed by atoms with van der Waals surface area (Å²) in [5.74, 6) is 0.545. The van der Waals surface area contributed by atoms with E-state index in [4.69, 9.17) is 9.47 Å². The summed E-state index contributed by atoms with van der Waals surface area (Å²) in [5.41, 5.74) is 0.424. The summed E-state index contributed by atoms with van der Waals surface area (Å²) in [4.78, 5) is 0.0918. The molecule has 0 radical (unpaired) electrons. The van der Waals surface area contributed by atoms with Crippen LogP contribution in [0.4, 0.5) is 0 Å². The lowest BCUT2D eigenvalue weighted by Gasteiger charge is -2.21. The van der Waals surface area contributed by atoms with Crippen LogP contribution in [0, 0.1) is 5.92 Å². The predicted octanol–water partition coefficient (Wildman–Crippen LogP) is 1.14. The average molecular weight is 317 g/mol. The summed E-state index contributed by atoms with van der Waals surface area (Å²) in [7, 11) is -0.686. The van der Waals surface area contributed by atoms with Crippen molar-refractivity contribution >= 4 is 10.0 Å². The molecule has 6 nitrogen and oxygen atoms in total. The van der Waals surface area contributed by atoms with Crippen LogP contribution in [0.15, 0.2) is 23.1 Å². The molecule has 0 amide bonds. The fourth-order valence-electron chi connectivity index (χ4n) is 1.86. The molecular weight excluding hydrogens is 294 g/mol. The molecule has 0 fully saturated rings. The van der Waals surface area contributed by atoms with Crippen LogP contribution in [0.25, 0.3) is 0 Å². The van der Waals surface area contributed by atoms with Gasteiger partial charge in [-0.1, -0.05) is 13.8 Å². The molecule has 0 aliphatic rings. The van der Waals surface area contributed by atoms with E-state index in [1.54, 1.807) is 0 Å². The molecule has 0 heterocycles. The van der Waals surface area contributed by atoms with E-state index < -0.39 is 10.0 Å². The molecule has 0 aliphatic heterocycles. The van der Waals surface area contributed by atoms with Gasteiger partial charge in [0.25, 0.3) is 0 Å². The van der Waals surface area contributed by atoms with Crippen LogP contribution in [0.3, 0.4) is 0 Å². The maximum atomic E-state index is 12.4. The number of ether oxygens (including phenoxy) is 2. The van der Waals surface area contributed by atoms with Gasteiger partial charge in [-0.15, -0.1) is 0 Å². The van der Waals surface area contributed by atoms with Crippen molar-refractivity contribution in [1.82, 2.24) is 4.72 Å². The zero-order valence-electron chi connectivity index (χ0n) is 12.8. The molecule has 21 heavy (non-hydrogen) atoms. The first-order valence-corrected chi connectivity index (χ1v) is 8.13. The summed E-state index contributed by atoms with van der Waals surface area (Å²) in [6.45, 7) is 3.83. The SMILES string of the molecule is COCC(NS(=O)(=O)c1ccc(OC)c(CO)c1)C(C)C. The van der Waals surface area contributed by atoms with Gasteiger partial charge in [-0.05, 0) is 24.1 Å². The molecule has 0 aliphatic carbocycles. The summed E-state index contributed by atoms with van der Waals surface area (Å²) in [6.07, 6.45) is 0. The quantitative estimate of drug-likeness (QED) is 0.751. The maximum absolute atomic E-state index is 12.4. The molecule has 0 saturated heterocycles. The number of aliphatic hydroxyl groups is 1. The Morgan fingerprint density at radius 3 is 2.43 bits per heavy atom. The highest BCUT2D eigenvalue weighted by molar-refractivity contribution is 7.89. The minimum atomic E-state index is -3.68. The van der Waals surface area contributed by atoms with E-state index in [0.29, 0.717) is 17.9 Å². The molecule has 1 atom stereocenters. The number of aliphatic hydroxyl groups excluding tert-OH is 1. The Hall–Kier alpha value is -1.15. The number of hydrogen-bond acceptors (Lipinski definition) is 5. The largest absolute Gasteiger partial charge is 0.496 e. The van der Waals surface area contributed by atoms with Crippen LogP contribution in [-0.4, -0.2) is 40.4 Å². The third-order valence-electron chi connectivity index (χ3n) is 3.19. The fraction of sp³-hybridized carbons (Fsp3) is 0.571. The van der Waals surface area contributed by atoms with Crippen molar-refractivity contribution < 1.29 is 23.0 Å². The first kappa shape index (κ1) is 17.9. The van der Waals surface area contributed by atoms with E-state index in [0.717, 1.165) is 0 Å². The van der Waals surface area contributed by atoms with Crippen LogP contribution in [0.2, 0.25) is 0 Å². The third kappa shape index (κ3) is 4.67. The summed E-state index contributed by atoms with van der Waals surface area (Å²) in [5, 5.41) is 9.28. The lowest BCUT2D eigenvalue weighted by atomic mass is 10.1. The first-order valence-electron chi connectivity index (χ1n) is 6.64. The number of sulfonamides is 1. The molecule has 1 unspecified atom stereocenters. The molecule has 1 rings (SSSR count). The molecule has 0 bridgehead atoms. The Balaban J connectivity index is 3.07. The van der Waals surface area contributed by atoms with Gasteiger partial charge in [0.1, 0.15) is 5.75 Å². The topological polar surface area (TPSA) is 84.9 Å². The molecule has 2 N–H and O–H groups in total. The van der Waals surface area contributed by atoms with E-state index >= 15 is 0 Å². The van der Waals surface area contributed by atoms with Gasteiger partial charge in [-0.3, -0.25) is 0 Å². The maximum Gasteiger partial charge on any atom is 0.240 e. The van der Waals surface area contributed by atoms with Crippen molar-refractivity contribution in [2.24, 2.45) is 5.92 Å². The Labute approximate surface area is 126 Å². The van der Waals surface area contributed by atoms with Crippen molar-refractivity contribution in [3.8, 4) is 5.75 Å². The van der Waals surface area contributed by atoms with Gasteiger partial charge in [0, 0.05) is 18.7 Å². The standard InChI is InChI=1S/C14H23NO5S/c1-10(2)13(9-19-3)15-21(17,18)12-5-6-14(20-4)11(7-12)8-16/h5-7,10,13,15-16H,8-9H2,1-4H3. The third-order valence-corrected chi connectivity index (χ3v) is 4.68. The van der Waals surface area contributed by atoms with Crippen LogP contribution in [-0.2, 0) is 21.4 Å². The Morgan fingerprint density at radius 1 is 1.29 bits per heavy atom. The van der Waals surface area contributed by atoms with E-state index in [9.17, 15) is 13.5 Å². The normalized spacial score (nSPS) is 13.4. The zero-order valence-corrected chi connectivity index (χ0v) is 13.6. The van der Waals surface area contributed by atoms with Crippen LogP contribution in [0.5, 0.6) is 5.75 Å². The second-order valence-corrected chi connectivity index (χ2v) is 6.77. The monoisotopic (exact) mass is 317 g/mol. The predicted molar refractivity (Wildman–Crippen MR) is 79.7 cm³/mol. The van der Waals surface area contributed by atoms with Gasteiger partial charge in [0.05, 0.1) is 25.2 Å². The molecule has 1 aromatic carbocycles. The van der Waals surface area contributed by atoms with Gasteiger partial charge in [0.2, 0.25) is 10.0 Å². The van der Waals surface area contributed by atoms with Crippen molar-refractivity contribution in [3.05, 3.63) is 23.8 Å². The molecule has 7 heteroatoms. The molecule has 1 aromatic rings. The number of hydrogen-bond donors (Lipinski definition) is 2. The van der Waals surface area contributed by atoms with E-state index in [1.807, 2.05) is 13.8 Å². The molecule has 0 spiro atoms. The first-order chi connectivity index (χ1) is 9.85. The lowest BCUT2D eigenvalue weighted by Crippen LogP contribution is -2.41. The molecular formula is C14H23NO5S. The highest BCUT2D eigenvalue weighted by Gasteiger charge is 2.23. The Kier molecular flexibility index (Phi) is 6.60. The lowest BCUT2D eigenvalue weighted by molar-refractivity contribution is 0.157. The van der Waals surface area contributed by atoms with Crippen molar-refractivity contribution in [3.63, 3.8) is 0 Å². The number of rotatable bonds is 8. The fourth-order valence-corrected chi connectivity index (χ4v) is 3.27. The van der Waals surface area contributed by atoms with Crippen LogP contribution in [0.1, 0.15) is 19.4 Å². The van der Waals surface area contributed by atoms with Crippen molar-refractivity contribution in [2.45, 2.75) is 31.4 Å². The van der Waals surface area contributed by atoms with Crippen LogP contribution < -0.4 is 9.46 Å². The van der Waals surface area contributed by atoms with Crippen LogP contribution >= 0.6 is 0 Å². The van der Waals surface area contributed by atoms with Crippen molar-refractivity contribution in [1.29, 1.82) is 0 Å². The Bertz CT molecular complexity index is 556. The summed E-state index contributed by atoms with van der Waals surface area (Å²) >= 11 is 0. The van der Waals surface area contributed by atoms with Gasteiger partial charge >= 0.3 is 0 Å². The highest BCUT2D eigenvalue weighted by atomic mass is 32.2. The Morgan fingerprint density at radius 2 is 1.95 bits per heavy atom. The van der Waals surface area contributed by atoms with E-state index in [-0.39, 0.29) is 23.5 Å². The highest BCUT2D eigenvalue weighted by Crippen LogP contribution is 2.22. The van der Waals surface area contributed by atoms with E-state index in [1.165, 1.54) is 32.4 Å². The molecule has 0 aromatic heterocycles. The van der Waals surface area contributed by atoms with Gasteiger partial charge in [-0.2, -0.15) is 0 Å². The van der Waals surface area contributed by atoms with Crippen molar-refractivity contribution in [2.75, 3.05) is 20.8 Å². The second kappa shape index (κ2) is 7.74. The second-order valence-electron chi connectivity index (χ2n) is 5.06. The summed E-state index contributed by atoms with van der Waals surface area (Å²) < 4.78 is 37.5. The summed E-state index contributed by atoms with van der Waals surface area (Å²) in [6, 6.07) is 4.07. The van der Waals surface area contributed by atoms with Gasteiger partial charge in [-0.25, -0.2) is 13.1 Å². The number of benzene rings is 1. The minimum absolute atomic E-state index is 0.0918.